The summed E-state index contributed by atoms with van der Waals surface area (Å²) in [7, 11) is 0. The number of hydrogen-bond donors (Lipinski definition) is 3. The van der Waals surface area contributed by atoms with E-state index in [-0.39, 0.29) is 35.5 Å². The third-order valence-electron chi connectivity index (χ3n) is 3.63. The van der Waals surface area contributed by atoms with E-state index in [0.29, 0.717) is 0 Å². The van der Waals surface area contributed by atoms with Crippen molar-refractivity contribution in [1.82, 2.24) is 15.6 Å². The molecule has 1 aliphatic rings. The molecule has 3 N–H and O–H groups in total. The van der Waals surface area contributed by atoms with E-state index in [2.05, 4.69) is 15.6 Å². The Kier molecular flexibility index (Phi) is 4.98. The number of rotatable bonds is 2. The molecule has 1 aromatic heterocycles. The number of carbonyl (C=O) groups is 1. The van der Waals surface area contributed by atoms with E-state index in [9.17, 15) is 9.59 Å². The number of aromatic nitrogens is 1. The molecule has 0 spiro atoms. The summed E-state index contributed by atoms with van der Waals surface area (Å²) in [4.78, 5) is 26.9. The van der Waals surface area contributed by atoms with Crippen molar-refractivity contribution in [1.29, 1.82) is 0 Å². The highest BCUT2D eigenvalue weighted by Crippen LogP contribution is 2.10. The van der Waals surface area contributed by atoms with Crippen LogP contribution in [0.15, 0.2) is 35.1 Å². The summed E-state index contributed by atoms with van der Waals surface area (Å²) in [6.45, 7) is 1.75. The Balaban J connectivity index is 0.00000161. The first kappa shape index (κ1) is 15.5. The molecule has 1 unspecified atom stereocenters. The number of fused-ring (bicyclic) bond motifs is 1. The summed E-state index contributed by atoms with van der Waals surface area (Å²) in [5.41, 5.74) is 0.577. The van der Waals surface area contributed by atoms with Crippen molar-refractivity contribution >= 4 is 29.2 Å². The first-order chi connectivity index (χ1) is 9.74. The molecule has 1 aromatic carbocycles. The van der Waals surface area contributed by atoms with Crippen LogP contribution in [0.2, 0.25) is 0 Å². The fourth-order valence-electron chi connectivity index (χ4n) is 2.55. The van der Waals surface area contributed by atoms with Gasteiger partial charge in [0.05, 0.1) is 0 Å². The van der Waals surface area contributed by atoms with E-state index in [1.165, 1.54) is 0 Å². The predicted octanol–water partition coefficient (Wildman–Crippen LogP) is 1.43. The summed E-state index contributed by atoms with van der Waals surface area (Å²) < 4.78 is 0. The van der Waals surface area contributed by atoms with Gasteiger partial charge >= 0.3 is 0 Å². The highest BCUT2D eigenvalue weighted by molar-refractivity contribution is 5.97. The minimum Gasteiger partial charge on any atom is -0.348 e. The van der Waals surface area contributed by atoms with Gasteiger partial charge in [0.1, 0.15) is 5.56 Å². The maximum Gasteiger partial charge on any atom is 0.261 e. The third kappa shape index (κ3) is 3.43. The molecule has 0 aliphatic carbocycles. The molecule has 6 heteroatoms. The van der Waals surface area contributed by atoms with Gasteiger partial charge in [-0.05, 0) is 36.9 Å². The number of piperidine rings is 1. The van der Waals surface area contributed by atoms with Crippen LogP contribution in [-0.2, 0) is 0 Å². The smallest absolute Gasteiger partial charge is 0.261 e. The minimum atomic E-state index is -0.343. The summed E-state index contributed by atoms with van der Waals surface area (Å²) in [5.74, 6) is -0.300. The van der Waals surface area contributed by atoms with Gasteiger partial charge in [-0.3, -0.25) is 9.59 Å². The molecular formula is C15H18ClN3O2. The monoisotopic (exact) mass is 307 g/mol. The van der Waals surface area contributed by atoms with Crippen molar-refractivity contribution in [3.8, 4) is 0 Å². The SMILES string of the molecule is Cl.O=C(NC1CCCNC1)c1cc2ccccc2[nH]c1=O. The average molecular weight is 308 g/mol. The normalized spacial score (nSPS) is 18.0. The molecule has 0 radical (unpaired) electrons. The standard InChI is InChI=1S/C15H17N3O2.ClH/c19-14(17-11-5-3-7-16-9-11)12-8-10-4-1-2-6-13(10)18-15(12)20;/h1-2,4,6,8,11,16H,3,5,7,9H2,(H,17,19)(H,18,20);1H. The quantitative estimate of drug-likeness (QED) is 0.786. The van der Waals surface area contributed by atoms with Gasteiger partial charge in [-0.25, -0.2) is 0 Å². The first-order valence-electron chi connectivity index (χ1n) is 6.88. The highest BCUT2D eigenvalue weighted by atomic mass is 35.5. The lowest BCUT2D eigenvalue weighted by Crippen LogP contribution is -2.46. The Morgan fingerprint density at radius 2 is 2.10 bits per heavy atom. The number of pyridine rings is 1. The van der Waals surface area contributed by atoms with Crippen molar-refractivity contribution in [2.75, 3.05) is 13.1 Å². The van der Waals surface area contributed by atoms with Crippen molar-refractivity contribution in [3.05, 3.63) is 46.2 Å². The lowest BCUT2D eigenvalue weighted by atomic mass is 10.1. The van der Waals surface area contributed by atoms with Gasteiger partial charge in [0.25, 0.3) is 11.5 Å². The lowest BCUT2D eigenvalue weighted by molar-refractivity contribution is 0.0929. The molecular weight excluding hydrogens is 290 g/mol. The van der Waals surface area contributed by atoms with Gasteiger partial charge in [0.2, 0.25) is 0 Å². The van der Waals surface area contributed by atoms with Crippen LogP contribution in [0.5, 0.6) is 0 Å². The lowest BCUT2D eigenvalue weighted by Gasteiger charge is -2.23. The molecule has 112 valence electrons. The number of hydrogen-bond acceptors (Lipinski definition) is 3. The molecule has 1 aliphatic heterocycles. The first-order valence-corrected chi connectivity index (χ1v) is 6.88. The molecule has 21 heavy (non-hydrogen) atoms. The summed E-state index contributed by atoms with van der Waals surface area (Å²) in [5, 5.41) is 7.01. The number of halogens is 1. The van der Waals surface area contributed by atoms with Gasteiger partial charge in [-0.15, -0.1) is 12.4 Å². The van der Waals surface area contributed by atoms with E-state index < -0.39 is 0 Å². The Labute approximate surface area is 128 Å². The molecule has 0 bridgehead atoms. The Morgan fingerprint density at radius 3 is 2.86 bits per heavy atom. The molecule has 2 aromatic rings. The zero-order chi connectivity index (χ0) is 13.9. The van der Waals surface area contributed by atoms with E-state index in [1.54, 1.807) is 6.07 Å². The van der Waals surface area contributed by atoms with Crippen LogP contribution in [0.3, 0.4) is 0 Å². The molecule has 0 saturated carbocycles. The zero-order valence-electron chi connectivity index (χ0n) is 11.5. The summed E-state index contributed by atoms with van der Waals surface area (Å²) in [6, 6.07) is 9.19. The molecule has 1 fully saturated rings. The van der Waals surface area contributed by atoms with Gasteiger partial charge in [0, 0.05) is 18.1 Å². The number of aromatic amines is 1. The number of para-hydroxylation sites is 1. The number of H-pyrrole nitrogens is 1. The van der Waals surface area contributed by atoms with Crippen LogP contribution in [0.4, 0.5) is 0 Å². The van der Waals surface area contributed by atoms with E-state index in [4.69, 9.17) is 0 Å². The maximum atomic E-state index is 12.2. The second-order valence-corrected chi connectivity index (χ2v) is 5.12. The average Bonchev–Trinajstić information content (AvgIpc) is 2.47. The molecule has 1 atom stereocenters. The molecule has 1 saturated heterocycles. The molecule has 5 nitrogen and oxygen atoms in total. The van der Waals surface area contributed by atoms with Crippen molar-refractivity contribution in [2.24, 2.45) is 0 Å². The van der Waals surface area contributed by atoms with Crippen molar-refractivity contribution in [3.63, 3.8) is 0 Å². The maximum absolute atomic E-state index is 12.2. The van der Waals surface area contributed by atoms with Crippen molar-refractivity contribution in [2.45, 2.75) is 18.9 Å². The van der Waals surface area contributed by atoms with Gasteiger partial charge < -0.3 is 15.6 Å². The van der Waals surface area contributed by atoms with Crippen LogP contribution in [-0.4, -0.2) is 30.0 Å². The van der Waals surface area contributed by atoms with Gasteiger partial charge in [0.15, 0.2) is 0 Å². The number of benzene rings is 1. The van der Waals surface area contributed by atoms with Crippen molar-refractivity contribution < 1.29 is 4.79 Å². The van der Waals surface area contributed by atoms with Crippen LogP contribution in [0.1, 0.15) is 23.2 Å². The summed E-state index contributed by atoms with van der Waals surface area (Å²) >= 11 is 0. The topological polar surface area (TPSA) is 74.0 Å². The van der Waals surface area contributed by atoms with Crippen LogP contribution >= 0.6 is 12.4 Å². The fraction of sp³-hybridized carbons (Fsp3) is 0.333. The minimum absolute atomic E-state index is 0. The van der Waals surface area contributed by atoms with Crippen LogP contribution in [0.25, 0.3) is 10.9 Å². The van der Waals surface area contributed by atoms with Crippen LogP contribution < -0.4 is 16.2 Å². The fourth-order valence-corrected chi connectivity index (χ4v) is 2.55. The number of amides is 1. The predicted molar refractivity (Wildman–Crippen MR) is 85.2 cm³/mol. The van der Waals surface area contributed by atoms with E-state index >= 15 is 0 Å². The highest BCUT2D eigenvalue weighted by Gasteiger charge is 2.18. The van der Waals surface area contributed by atoms with E-state index in [0.717, 1.165) is 36.8 Å². The second-order valence-electron chi connectivity index (χ2n) is 5.12. The Morgan fingerprint density at radius 1 is 1.29 bits per heavy atom. The van der Waals surface area contributed by atoms with Gasteiger partial charge in [-0.2, -0.15) is 0 Å². The zero-order valence-corrected chi connectivity index (χ0v) is 12.3. The Bertz CT molecular complexity index is 693. The molecule has 3 rings (SSSR count). The number of carbonyl (C=O) groups excluding carboxylic acids is 1. The third-order valence-corrected chi connectivity index (χ3v) is 3.63. The van der Waals surface area contributed by atoms with Crippen LogP contribution in [0, 0.1) is 0 Å². The Hall–Kier alpha value is -1.85. The number of nitrogens with one attached hydrogen (secondary N) is 3. The largest absolute Gasteiger partial charge is 0.348 e. The second kappa shape index (κ2) is 6.74. The summed E-state index contributed by atoms with van der Waals surface area (Å²) in [6.07, 6.45) is 1.99. The molecule has 2 heterocycles. The van der Waals surface area contributed by atoms with E-state index in [1.807, 2.05) is 24.3 Å². The van der Waals surface area contributed by atoms with Gasteiger partial charge in [-0.1, -0.05) is 18.2 Å². The molecule has 1 amide bonds.